The van der Waals surface area contributed by atoms with Crippen LogP contribution in [0.5, 0.6) is 5.75 Å². The average molecular weight is 381 g/mol. The Morgan fingerprint density at radius 2 is 1.75 bits per heavy atom. The molecule has 1 saturated carbocycles. The maximum Gasteiger partial charge on any atom is 0.279 e. The van der Waals surface area contributed by atoms with Crippen LogP contribution in [-0.2, 0) is 11.3 Å². The molecule has 2 aromatic carbocycles. The van der Waals surface area contributed by atoms with Gasteiger partial charge in [-0.1, -0.05) is 0 Å². The summed E-state index contributed by atoms with van der Waals surface area (Å²) in [7, 11) is 1.68. The maximum atomic E-state index is 12.6. The number of nitrogens with one attached hydrogen (secondary N) is 2. The average Bonchev–Trinajstić information content (AvgIpc) is 3.43. The molecule has 2 N–H and O–H groups in total. The standard InChI is InChI=1S/C23H29N3O2/c1-28-22-12-4-18(5-13-22)16-26(21-10-11-21)17-23(27)24-19-6-8-20(9-7-19)25-14-2-3-15-25/h4-9,12-13,21H,2-3,10-11,14-17H2,1H3,(H,24,27)/p+1. The monoisotopic (exact) mass is 380 g/mol. The van der Waals surface area contributed by atoms with Crippen LogP contribution >= 0.6 is 0 Å². The molecule has 4 rings (SSSR count). The summed E-state index contributed by atoms with van der Waals surface area (Å²) in [6.45, 7) is 3.65. The first-order valence-electron chi connectivity index (χ1n) is 10.3. The molecule has 1 amide bonds. The minimum Gasteiger partial charge on any atom is -0.497 e. The minimum atomic E-state index is 0.0873. The van der Waals surface area contributed by atoms with Crippen molar-refractivity contribution in [2.24, 2.45) is 0 Å². The number of methoxy groups -OCH3 is 1. The van der Waals surface area contributed by atoms with Crippen LogP contribution in [0.2, 0.25) is 0 Å². The van der Waals surface area contributed by atoms with Crippen LogP contribution in [0.25, 0.3) is 0 Å². The zero-order valence-corrected chi connectivity index (χ0v) is 16.6. The van der Waals surface area contributed by atoms with E-state index in [9.17, 15) is 4.79 Å². The first-order chi connectivity index (χ1) is 13.7. The van der Waals surface area contributed by atoms with Gasteiger partial charge in [0, 0.05) is 42.9 Å². The molecule has 148 valence electrons. The van der Waals surface area contributed by atoms with Crippen molar-refractivity contribution in [2.75, 3.05) is 37.0 Å². The van der Waals surface area contributed by atoms with E-state index >= 15 is 0 Å². The number of benzene rings is 2. The number of ether oxygens (including phenoxy) is 1. The molecule has 1 aliphatic heterocycles. The summed E-state index contributed by atoms with van der Waals surface area (Å²) in [5.74, 6) is 0.955. The summed E-state index contributed by atoms with van der Waals surface area (Å²) in [4.78, 5) is 16.4. The fourth-order valence-corrected chi connectivity index (χ4v) is 3.99. The zero-order valence-electron chi connectivity index (χ0n) is 16.6. The SMILES string of the molecule is COc1ccc(C[NH+](CC(=O)Nc2ccc(N3CCCC3)cc2)C2CC2)cc1. The third kappa shape index (κ3) is 4.84. The number of anilines is 2. The van der Waals surface area contributed by atoms with Crippen molar-refractivity contribution in [3.05, 3.63) is 54.1 Å². The third-order valence-electron chi connectivity index (χ3n) is 5.75. The first-order valence-corrected chi connectivity index (χ1v) is 10.3. The van der Waals surface area contributed by atoms with Gasteiger partial charge in [0.1, 0.15) is 12.3 Å². The number of amides is 1. The molecule has 0 aromatic heterocycles. The van der Waals surface area contributed by atoms with E-state index < -0.39 is 0 Å². The molecule has 2 fully saturated rings. The lowest BCUT2D eigenvalue weighted by Gasteiger charge is -2.20. The normalized spacial score (nSPS) is 17.4. The Labute approximate surface area is 167 Å². The Morgan fingerprint density at radius 1 is 1.07 bits per heavy atom. The first kappa shape index (κ1) is 18.8. The maximum absolute atomic E-state index is 12.6. The molecule has 2 aliphatic rings. The van der Waals surface area contributed by atoms with E-state index in [4.69, 9.17) is 4.74 Å². The minimum absolute atomic E-state index is 0.0873. The predicted molar refractivity (Wildman–Crippen MR) is 112 cm³/mol. The molecular formula is C23H30N3O2+. The molecule has 1 aliphatic carbocycles. The van der Waals surface area contributed by atoms with Gasteiger partial charge in [0.2, 0.25) is 0 Å². The second kappa shape index (κ2) is 8.65. The van der Waals surface area contributed by atoms with E-state index in [1.165, 1.54) is 41.8 Å². The van der Waals surface area contributed by atoms with E-state index in [1.54, 1.807) is 7.11 Å². The number of carbonyl (C=O) groups is 1. The van der Waals surface area contributed by atoms with Gasteiger partial charge in [0.25, 0.3) is 5.91 Å². The smallest absolute Gasteiger partial charge is 0.279 e. The van der Waals surface area contributed by atoms with E-state index in [0.29, 0.717) is 12.6 Å². The van der Waals surface area contributed by atoms with Gasteiger partial charge in [0.05, 0.1) is 13.2 Å². The molecule has 28 heavy (non-hydrogen) atoms. The second-order valence-corrected chi connectivity index (χ2v) is 7.92. The van der Waals surface area contributed by atoms with Gasteiger partial charge in [-0.3, -0.25) is 4.79 Å². The Morgan fingerprint density at radius 3 is 2.36 bits per heavy atom. The number of hydrogen-bond acceptors (Lipinski definition) is 3. The third-order valence-corrected chi connectivity index (χ3v) is 5.75. The van der Waals surface area contributed by atoms with Crippen LogP contribution in [0.1, 0.15) is 31.2 Å². The van der Waals surface area contributed by atoms with Gasteiger partial charge < -0.3 is 19.9 Å². The summed E-state index contributed by atoms with van der Waals surface area (Å²) < 4.78 is 5.23. The Kier molecular flexibility index (Phi) is 5.81. The van der Waals surface area contributed by atoms with E-state index in [-0.39, 0.29) is 5.91 Å². The fourth-order valence-electron chi connectivity index (χ4n) is 3.99. The van der Waals surface area contributed by atoms with E-state index in [1.807, 2.05) is 24.3 Å². The number of nitrogens with zero attached hydrogens (tertiary/aromatic N) is 1. The molecule has 0 spiro atoms. The van der Waals surface area contributed by atoms with E-state index in [0.717, 1.165) is 31.1 Å². The molecule has 1 unspecified atom stereocenters. The highest BCUT2D eigenvalue weighted by molar-refractivity contribution is 5.91. The lowest BCUT2D eigenvalue weighted by atomic mass is 10.2. The van der Waals surface area contributed by atoms with Crippen molar-refractivity contribution < 1.29 is 14.4 Å². The lowest BCUT2D eigenvalue weighted by Crippen LogP contribution is -3.13. The van der Waals surface area contributed by atoms with Crippen molar-refractivity contribution >= 4 is 17.3 Å². The van der Waals surface area contributed by atoms with Crippen molar-refractivity contribution in [3.63, 3.8) is 0 Å². The quantitative estimate of drug-likeness (QED) is 0.740. The predicted octanol–water partition coefficient (Wildman–Crippen LogP) is 2.48. The van der Waals surface area contributed by atoms with Crippen molar-refractivity contribution in [2.45, 2.75) is 38.3 Å². The molecule has 0 radical (unpaired) electrons. The van der Waals surface area contributed by atoms with E-state index in [2.05, 4.69) is 34.5 Å². The van der Waals surface area contributed by atoms with Gasteiger partial charge in [-0.15, -0.1) is 0 Å². The molecule has 1 heterocycles. The zero-order chi connectivity index (χ0) is 19.3. The van der Waals surface area contributed by atoms with Crippen molar-refractivity contribution in [1.29, 1.82) is 0 Å². The van der Waals surface area contributed by atoms with Crippen molar-refractivity contribution in [3.8, 4) is 5.75 Å². The largest absolute Gasteiger partial charge is 0.497 e. The van der Waals surface area contributed by atoms with Gasteiger partial charge in [-0.25, -0.2) is 0 Å². The van der Waals surface area contributed by atoms with Crippen LogP contribution in [0, 0.1) is 0 Å². The molecular weight excluding hydrogens is 350 g/mol. The van der Waals surface area contributed by atoms with Gasteiger partial charge in [-0.05, 0) is 61.4 Å². The summed E-state index contributed by atoms with van der Waals surface area (Å²) in [6, 6.07) is 17.0. The highest BCUT2D eigenvalue weighted by Gasteiger charge is 2.34. The van der Waals surface area contributed by atoms with Crippen LogP contribution < -0.4 is 19.9 Å². The lowest BCUT2D eigenvalue weighted by molar-refractivity contribution is -0.916. The number of rotatable bonds is 8. The van der Waals surface area contributed by atoms with Gasteiger partial charge in [-0.2, -0.15) is 0 Å². The van der Waals surface area contributed by atoms with Crippen LogP contribution in [0.4, 0.5) is 11.4 Å². The highest BCUT2D eigenvalue weighted by Crippen LogP contribution is 2.22. The van der Waals surface area contributed by atoms with Crippen LogP contribution in [0.15, 0.2) is 48.5 Å². The molecule has 1 atom stereocenters. The van der Waals surface area contributed by atoms with Crippen molar-refractivity contribution in [1.82, 2.24) is 0 Å². The fraction of sp³-hybridized carbons (Fsp3) is 0.435. The number of carbonyl (C=O) groups excluding carboxylic acids is 1. The summed E-state index contributed by atoms with van der Waals surface area (Å²) in [5, 5.41) is 3.08. The Balaban J connectivity index is 1.32. The molecule has 5 heteroatoms. The summed E-state index contributed by atoms with van der Waals surface area (Å²) in [6.07, 6.45) is 4.96. The van der Waals surface area contributed by atoms with Crippen LogP contribution in [0.3, 0.4) is 0 Å². The number of quaternary nitrogens is 1. The molecule has 1 saturated heterocycles. The van der Waals surface area contributed by atoms with Gasteiger partial charge in [0.15, 0.2) is 6.54 Å². The second-order valence-electron chi connectivity index (χ2n) is 7.92. The molecule has 0 bridgehead atoms. The topological polar surface area (TPSA) is 46.0 Å². The molecule has 2 aromatic rings. The highest BCUT2D eigenvalue weighted by atomic mass is 16.5. The summed E-state index contributed by atoms with van der Waals surface area (Å²) in [5.41, 5.74) is 3.37. The number of hydrogen-bond donors (Lipinski definition) is 2. The Bertz CT molecular complexity index is 778. The van der Waals surface area contributed by atoms with Gasteiger partial charge >= 0.3 is 0 Å². The Hall–Kier alpha value is -2.53. The summed E-state index contributed by atoms with van der Waals surface area (Å²) >= 11 is 0. The van der Waals surface area contributed by atoms with Crippen LogP contribution in [-0.4, -0.2) is 38.7 Å². The molecule has 5 nitrogen and oxygen atoms in total.